The Kier molecular flexibility index (Phi) is 3.64. The van der Waals surface area contributed by atoms with Crippen molar-refractivity contribution >= 4 is 0 Å². The molecule has 0 radical (unpaired) electrons. The molecule has 3 nitrogen and oxygen atoms in total. The molecule has 1 aromatic rings. The van der Waals surface area contributed by atoms with E-state index in [2.05, 4.69) is 44.0 Å². The number of ether oxygens (including phenoxy) is 1. The summed E-state index contributed by atoms with van der Waals surface area (Å²) in [6, 6.07) is 6.80. The Balaban J connectivity index is 2.36. The molecule has 2 N–H and O–H groups in total. The summed E-state index contributed by atoms with van der Waals surface area (Å²) in [6.07, 6.45) is 2.07. The summed E-state index contributed by atoms with van der Waals surface area (Å²) in [5.74, 6) is 0.934. The Morgan fingerprint density at radius 3 is 2.78 bits per heavy atom. The van der Waals surface area contributed by atoms with Crippen LogP contribution in [0.1, 0.15) is 37.4 Å². The number of likely N-dealkylation sites (N-methyl/N-ethyl adjacent to an activating group) is 1. The van der Waals surface area contributed by atoms with Gasteiger partial charge in [-0.3, -0.25) is 4.90 Å². The Morgan fingerprint density at radius 2 is 2.17 bits per heavy atom. The first kappa shape index (κ1) is 13.4. The van der Waals surface area contributed by atoms with Crippen LogP contribution >= 0.6 is 0 Å². The number of fused-ring (bicyclic) bond motifs is 1. The van der Waals surface area contributed by atoms with Crippen molar-refractivity contribution in [1.82, 2.24) is 4.90 Å². The molecule has 18 heavy (non-hydrogen) atoms. The highest BCUT2D eigenvalue weighted by atomic mass is 16.5. The molecule has 0 bridgehead atoms. The number of hydrogen-bond acceptors (Lipinski definition) is 3. The molecule has 1 aromatic carbocycles. The van der Waals surface area contributed by atoms with Gasteiger partial charge in [0.25, 0.3) is 0 Å². The molecule has 0 saturated carbocycles. The fourth-order valence-electron chi connectivity index (χ4n) is 2.69. The number of methoxy groups -OCH3 is 1. The van der Waals surface area contributed by atoms with Gasteiger partial charge in [0.2, 0.25) is 0 Å². The van der Waals surface area contributed by atoms with Crippen molar-refractivity contribution in [1.29, 1.82) is 0 Å². The van der Waals surface area contributed by atoms with E-state index in [0.29, 0.717) is 6.04 Å². The SMILES string of the molecule is COc1ccc2c(c1)C(CC(C)(C)N)N(C)CC2. The molecule has 100 valence electrons. The largest absolute Gasteiger partial charge is 0.497 e. The maximum absolute atomic E-state index is 6.20. The van der Waals surface area contributed by atoms with Crippen LogP contribution in [0.15, 0.2) is 18.2 Å². The minimum absolute atomic E-state index is 0.156. The van der Waals surface area contributed by atoms with Gasteiger partial charge in [-0.2, -0.15) is 0 Å². The zero-order valence-electron chi connectivity index (χ0n) is 11.9. The number of nitrogens with zero attached hydrogens (tertiary/aromatic N) is 1. The maximum Gasteiger partial charge on any atom is 0.119 e. The van der Waals surface area contributed by atoms with Gasteiger partial charge >= 0.3 is 0 Å². The van der Waals surface area contributed by atoms with Crippen LogP contribution in [-0.4, -0.2) is 31.1 Å². The Morgan fingerprint density at radius 1 is 1.44 bits per heavy atom. The van der Waals surface area contributed by atoms with Crippen LogP contribution in [0.25, 0.3) is 0 Å². The van der Waals surface area contributed by atoms with Crippen LogP contribution < -0.4 is 10.5 Å². The lowest BCUT2D eigenvalue weighted by molar-refractivity contribution is 0.191. The van der Waals surface area contributed by atoms with Crippen LogP contribution in [0.4, 0.5) is 0 Å². The third-order valence-electron chi connectivity index (χ3n) is 3.70. The van der Waals surface area contributed by atoms with Crippen molar-refractivity contribution in [2.75, 3.05) is 20.7 Å². The predicted octanol–water partition coefficient (Wildman–Crippen LogP) is 2.35. The highest BCUT2D eigenvalue weighted by molar-refractivity contribution is 5.39. The summed E-state index contributed by atoms with van der Waals surface area (Å²) in [5, 5.41) is 0. The first-order chi connectivity index (χ1) is 8.40. The van der Waals surface area contributed by atoms with Crippen molar-refractivity contribution in [3.63, 3.8) is 0 Å². The van der Waals surface area contributed by atoms with Crippen LogP contribution in [-0.2, 0) is 6.42 Å². The summed E-state index contributed by atoms with van der Waals surface area (Å²) in [5.41, 5.74) is 8.85. The van der Waals surface area contributed by atoms with Crippen molar-refractivity contribution in [2.45, 2.75) is 38.3 Å². The highest BCUT2D eigenvalue weighted by Crippen LogP contribution is 2.35. The molecule has 0 fully saturated rings. The van der Waals surface area contributed by atoms with E-state index in [1.54, 1.807) is 7.11 Å². The van der Waals surface area contributed by atoms with Gasteiger partial charge in [0.1, 0.15) is 5.75 Å². The topological polar surface area (TPSA) is 38.5 Å². The number of nitrogens with two attached hydrogens (primary N) is 1. The standard InChI is InChI=1S/C15H24N2O/c1-15(2,16)10-14-13-9-12(18-4)6-5-11(13)7-8-17(14)3/h5-6,9,14H,7-8,10,16H2,1-4H3. The van der Waals surface area contributed by atoms with Gasteiger partial charge < -0.3 is 10.5 Å². The van der Waals surface area contributed by atoms with Crippen molar-refractivity contribution < 1.29 is 4.74 Å². The molecular formula is C15H24N2O. The number of rotatable bonds is 3. The summed E-state index contributed by atoms with van der Waals surface area (Å²) >= 11 is 0. The number of hydrogen-bond donors (Lipinski definition) is 1. The molecule has 3 heteroatoms. The van der Waals surface area contributed by atoms with Crippen molar-refractivity contribution in [2.24, 2.45) is 5.73 Å². The predicted molar refractivity (Wildman–Crippen MR) is 75.0 cm³/mol. The number of benzene rings is 1. The molecular weight excluding hydrogens is 224 g/mol. The van der Waals surface area contributed by atoms with E-state index >= 15 is 0 Å². The summed E-state index contributed by atoms with van der Waals surface area (Å²) in [7, 11) is 3.90. The highest BCUT2D eigenvalue weighted by Gasteiger charge is 2.29. The van der Waals surface area contributed by atoms with Crippen LogP contribution in [0.5, 0.6) is 5.75 Å². The van der Waals surface area contributed by atoms with Crippen LogP contribution in [0, 0.1) is 0 Å². The molecule has 1 heterocycles. The minimum Gasteiger partial charge on any atom is -0.497 e. The Hall–Kier alpha value is -1.06. The van der Waals surface area contributed by atoms with Gasteiger partial charge in [-0.25, -0.2) is 0 Å². The monoisotopic (exact) mass is 248 g/mol. The molecule has 1 unspecified atom stereocenters. The van der Waals surface area contributed by atoms with E-state index < -0.39 is 0 Å². The average molecular weight is 248 g/mol. The third kappa shape index (κ3) is 2.85. The maximum atomic E-state index is 6.20. The second-order valence-electron chi connectivity index (χ2n) is 6.00. The lowest BCUT2D eigenvalue weighted by Crippen LogP contribution is -2.41. The van der Waals surface area contributed by atoms with Crippen LogP contribution in [0.2, 0.25) is 0 Å². The average Bonchev–Trinajstić information content (AvgIpc) is 2.31. The van der Waals surface area contributed by atoms with Gasteiger partial charge in [0.05, 0.1) is 7.11 Å². The van der Waals surface area contributed by atoms with Gasteiger partial charge in [-0.05, 0) is 57.0 Å². The molecule has 0 aliphatic carbocycles. The van der Waals surface area contributed by atoms with Gasteiger partial charge in [0.15, 0.2) is 0 Å². The van der Waals surface area contributed by atoms with Crippen LogP contribution in [0.3, 0.4) is 0 Å². The Bertz CT molecular complexity index is 423. The normalized spacial score (nSPS) is 20.6. The fraction of sp³-hybridized carbons (Fsp3) is 0.600. The van der Waals surface area contributed by atoms with Crippen molar-refractivity contribution in [3.8, 4) is 5.75 Å². The summed E-state index contributed by atoms with van der Waals surface area (Å²) < 4.78 is 5.34. The molecule has 0 saturated heterocycles. The summed E-state index contributed by atoms with van der Waals surface area (Å²) in [6.45, 7) is 5.28. The minimum atomic E-state index is -0.156. The third-order valence-corrected chi connectivity index (χ3v) is 3.70. The molecule has 0 spiro atoms. The second kappa shape index (κ2) is 4.90. The van der Waals surface area contributed by atoms with Gasteiger partial charge in [-0.1, -0.05) is 6.07 Å². The smallest absolute Gasteiger partial charge is 0.119 e. The lowest BCUT2D eigenvalue weighted by Gasteiger charge is -2.38. The van der Waals surface area contributed by atoms with E-state index in [-0.39, 0.29) is 5.54 Å². The van der Waals surface area contributed by atoms with Gasteiger partial charge in [0, 0.05) is 18.1 Å². The van der Waals surface area contributed by atoms with E-state index in [0.717, 1.165) is 25.1 Å². The fourth-order valence-corrected chi connectivity index (χ4v) is 2.69. The van der Waals surface area contributed by atoms with E-state index in [4.69, 9.17) is 10.5 Å². The lowest BCUT2D eigenvalue weighted by atomic mass is 9.85. The molecule has 2 rings (SSSR count). The van der Waals surface area contributed by atoms with E-state index in [1.807, 2.05) is 0 Å². The van der Waals surface area contributed by atoms with Gasteiger partial charge in [-0.15, -0.1) is 0 Å². The zero-order valence-corrected chi connectivity index (χ0v) is 11.9. The first-order valence-corrected chi connectivity index (χ1v) is 6.56. The Labute approximate surface area is 110 Å². The summed E-state index contributed by atoms with van der Waals surface area (Å²) in [4.78, 5) is 2.40. The molecule has 0 amide bonds. The zero-order chi connectivity index (χ0) is 13.3. The first-order valence-electron chi connectivity index (χ1n) is 6.56. The van der Waals surface area contributed by atoms with Crippen molar-refractivity contribution in [3.05, 3.63) is 29.3 Å². The molecule has 1 aliphatic heterocycles. The van der Waals surface area contributed by atoms with E-state index in [1.165, 1.54) is 11.1 Å². The van der Waals surface area contributed by atoms with E-state index in [9.17, 15) is 0 Å². The molecule has 0 aromatic heterocycles. The molecule has 1 atom stereocenters. The quantitative estimate of drug-likeness (QED) is 0.892. The second-order valence-corrected chi connectivity index (χ2v) is 6.00. The molecule has 1 aliphatic rings.